The second-order valence-corrected chi connectivity index (χ2v) is 5.56. The molecule has 0 heterocycles. The predicted octanol–water partition coefficient (Wildman–Crippen LogP) is 3.50. The van der Waals surface area contributed by atoms with Gasteiger partial charge in [-0.05, 0) is 49.9 Å². The van der Waals surface area contributed by atoms with Crippen molar-refractivity contribution in [1.29, 1.82) is 0 Å². The van der Waals surface area contributed by atoms with Crippen LogP contribution in [-0.4, -0.2) is 19.5 Å². The molecule has 0 aliphatic heterocycles. The van der Waals surface area contributed by atoms with Gasteiger partial charge in [0.15, 0.2) is 0 Å². The van der Waals surface area contributed by atoms with Crippen molar-refractivity contribution in [3.05, 3.63) is 29.8 Å². The molecule has 0 spiro atoms. The Hall–Kier alpha value is -1.35. The van der Waals surface area contributed by atoms with Gasteiger partial charge in [-0.15, -0.1) is 0 Å². The van der Waals surface area contributed by atoms with E-state index in [1.54, 1.807) is 4.90 Å². The zero-order chi connectivity index (χ0) is 15.0. The summed E-state index contributed by atoms with van der Waals surface area (Å²) in [6, 6.07) is 8.05. The smallest absolute Gasteiger partial charge is 0.226 e. The maximum atomic E-state index is 12.3. The molecule has 0 saturated heterocycles. The van der Waals surface area contributed by atoms with Crippen LogP contribution in [0.4, 0.5) is 5.69 Å². The van der Waals surface area contributed by atoms with E-state index in [1.165, 1.54) is 12.0 Å². The summed E-state index contributed by atoms with van der Waals surface area (Å²) >= 11 is 0. The molecule has 1 aromatic rings. The number of amides is 1. The fourth-order valence-electron chi connectivity index (χ4n) is 2.55. The van der Waals surface area contributed by atoms with Crippen LogP contribution in [0.15, 0.2) is 24.3 Å². The molecule has 1 amide bonds. The van der Waals surface area contributed by atoms with Crippen molar-refractivity contribution < 1.29 is 4.79 Å². The number of benzene rings is 1. The van der Waals surface area contributed by atoms with E-state index in [0.29, 0.717) is 18.9 Å². The van der Waals surface area contributed by atoms with Crippen molar-refractivity contribution in [2.24, 2.45) is 11.7 Å². The Labute approximate surface area is 123 Å². The van der Waals surface area contributed by atoms with Gasteiger partial charge in [0.1, 0.15) is 0 Å². The van der Waals surface area contributed by atoms with Gasteiger partial charge in [0.25, 0.3) is 0 Å². The summed E-state index contributed by atoms with van der Waals surface area (Å²) in [6.45, 7) is 4.94. The Morgan fingerprint density at radius 1 is 1.30 bits per heavy atom. The summed E-state index contributed by atoms with van der Waals surface area (Å²) in [5, 5.41) is 0. The lowest BCUT2D eigenvalue weighted by Gasteiger charge is -2.20. The first-order chi connectivity index (χ1) is 9.58. The summed E-state index contributed by atoms with van der Waals surface area (Å²) in [4.78, 5) is 14.0. The molecule has 1 aromatic carbocycles. The standard InChI is InChI=1S/C17H28N2O/c1-4-6-15(11-12-18)9-10-17(20)19(3)16-8-5-7-14(2)13-16/h5,7-8,13,15H,4,6,9-12,18H2,1-3H3. The Balaban J connectivity index is 2.53. The molecule has 1 atom stereocenters. The zero-order valence-corrected chi connectivity index (χ0v) is 13.1. The summed E-state index contributed by atoms with van der Waals surface area (Å²) in [5.41, 5.74) is 7.79. The molecular formula is C17H28N2O. The van der Waals surface area contributed by atoms with Crippen LogP contribution in [0, 0.1) is 12.8 Å². The van der Waals surface area contributed by atoms with Gasteiger partial charge in [-0.1, -0.05) is 31.9 Å². The SMILES string of the molecule is CCCC(CCN)CCC(=O)N(C)c1cccc(C)c1. The van der Waals surface area contributed by atoms with Gasteiger partial charge in [-0.25, -0.2) is 0 Å². The van der Waals surface area contributed by atoms with Crippen LogP contribution in [0.25, 0.3) is 0 Å². The Morgan fingerprint density at radius 2 is 2.05 bits per heavy atom. The maximum Gasteiger partial charge on any atom is 0.226 e. The fourth-order valence-corrected chi connectivity index (χ4v) is 2.55. The molecule has 1 rings (SSSR count). The summed E-state index contributed by atoms with van der Waals surface area (Å²) < 4.78 is 0. The first-order valence-electron chi connectivity index (χ1n) is 7.61. The number of carbonyl (C=O) groups is 1. The predicted molar refractivity (Wildman–Crippen MR) is 85.9 cm³/mol. The number of anilines is 1. The van der Waals surface area contributed by atoms with Gasteiger partial charge in [0.05, 0.1) is 0 Å². The molecule has 2 N–H and O–H groups in total. The molecule has 20 heavy (non-hydrogen) atoms. The first kappa shape index (κ1) is 16.7. The quantitative estimate of drug-likeness (QED) is 0.790. The number of rotatable bonds is 8. The number of nitrogens with two attached hydrogens (primary N) is 1. The largest absolute Gasteiger partial charge is 0.330 e. The number of hydrogen-bond acceptors (Lipinski definition) is 2. The van der Waals surface area contributed by atoms with Gasteiger partial charge in [0.2, 0.25) is 5.91 Å². The Bertz CT molecular complexity index is 411. The highest BCUT2D eigenvalue weighted by atomic mass is 16.2. The lowest BCUT2D eigenvalue weighted by Crippen LogP contribution is -2.26. The van der Waals surface area contributed by atoms with E-state index in [9.17, 15) is 4.79 Å². The second-order valence-electron chi connectivity index (χ2n) is 5.56. The van der Waals surface area contributed by atoms with Gasteiger partial charge < -0.3 is 10.6 Å². The van der Waals surface area contributed by atoms with Crippen LogP contribution in [0.2, 0.25) is 0 Å². The van der Waals surface area contributed by atoms with E-state index in [4.69, 9.17) is 5.73 Å². The normalized spacial score (nSPS) is 12.2. The lowest BCUT2D eigenvalue weighted by molar-refractivity contribution is -0.118. The third-order valence-corrected chi connectivity index (χ3v) is 3.80. The minimum Gasteiger partial charge on any atom is -0.330 e. The highest BCUT2D eigenvalue weighted by Crippen LogP contribution is 2.20. The van der Waals surface area contributed by atoms with Gasteiger partial charge in [0, 0.05) is 19.2 Å². The van der Waals surface area contributed by atoms with Crippen LogP contribution in [0.1, 0.15) is 44.6 Å². The molecule has 0 saturated carbocycles. The average Bonchev–Trinajstić information content (AvgIpc) is 2.44. The number of aryl methyl sites for hydroxylation is 1. The zero-order valence-electron chi connectivity index (χ0n) is 13.1. The summed E-state index contributed by atoms with van der Waals surface area (Å²) in [6.07, 6.45) is 4.90. The lowest BCUT2D eigenvalue weighted by atomic mass is 9.94. The molecule has 0 fully saturated rings. The molecule has 0 bridgehead atoms. The van der Waals surface area contributed by atoms with E-state index in [0.717, 1.165) is 24.9 Å². The van der Waals surface area contributed by atoms with Crippen molar-refractivity contribution >= 4 is 11.6 Å². The number of hydrogen-bond donors (Lipinski definition) is 1. The Morgan fingerprint density at radius 3 is 2.65 bits per heavy atom. The minimum absolute atomic E-state index is 0.189. The third kappa shape index (κ3) is 5.33. The highest BCUT2D eigenvalue weighted by Gasteiger charge is 2.14. The Kier molecular flexibility index (Phi) is 7.31. The van der Waals surface area contributed by atoms with E-state index >= 15 is 0 Å². The van der Waals surface area contributed by atoms with Crippen LogP contribution < -0.4 is 10.6 Å². The first-order valence-corrected chi connectivity index (χ1v) is 7.61. The second kappa shape index (κ2) is 8.75. The van der Waals surface area contributed by atoms with Crippen molar-refractivity contribution in [1.82, 2.24) is 0 Å². The van der Waals surface area contributed by atoms with Crippen LogP contribution in [0.5, 0.6) is 0 Å². The van der Waals surface area contributed by atoms with Crippen molar-refractivity contribution in [2.45, 2.75) is 46.0 Å². The summed E-state index contributed by atoms with van der Waals surface area (Å²) in [5.74, 6) is 0.772. The molecule has 0 aliphatic rings. The van der Waals surface area contributed by atoms with Crippen molar-refractivity contribution in [2.75, 3.05) is 18.5 Å². The molecule has 3 nitrogen and oxygen atoms in total. The molecular weight excluding hydrogens is 248 g/mol. The van der Waals surface area contributed by atoms with Gasteiger partial charge in [-0.2, -0.15) is 0 Å². The molecule has 0 aliphatic carbocycles. The van der Waals surface area contributed by atoms with E-state index in [1.807, 2.05) is 38.2 Å². The van der Waals surface area contributed by atoms with Crippen LogP contribution >= 0.6 is 0 Å². The topological polar surface area (TPSA) is 46.3 Å². The van der Waals surface area contributed by atoms with Crippen LogP contribution in [0.3, 0.4) is 0 Å². The number of carbonyl (C=O) groups excluding carboxylic acids is 1. The maximum absolute atomic E-state index is 12.3. The monoisotopic (exact) mass is 276 g/mol. The van der Waals surface area contributed by atoms with Crippen molar-refractivity contribution in [3.8, 4) is 0 Å². The van der Waals surface area contributed by atoms with Gasteiger partial charge in [-0.3, -0.25) is 4.79 Å². The molecule has 1 unspecified atom stereocenters. The number of nitrogens with zero attached hydrogens (tertiary/aromatic N) is 1. The summed E-state index contributed by atoms with van der Waals surface area (Å²) in [7, 11) is 1.86. The molecule has 112 valence electrons. The molecule has 0 aromatic heterocycles. The third-order valence-electron chi connectivity index (χ3n) is 3.80. The molecule has 3 heteroatoms. The van der Waals surface area contributed by atoms with Gasteiger partial charge >= 0.3 is 0 Å². The molecule has 0 radical (unpaired) electrons. The minimum atomic E-state index is 0.189. The van der Waals surface area contributed by atoms with E-state index in [2.05, 4.69) is 6.92 Å². The average molecular weight is 276 g/mol. The van der Waals surface area contributed by atoms with Crippen molar-refractivity contribution in [3.63, 3.8) is 0 Å². The van der Waals surface area contributed by atoms with Crippen LogP contribution in [-0.2, 0) is 4.79 Å². The fraction of sp³-hybridized carbons (Fsp3) is 0.588. The van der Waals surface area contributed by atoms with E-state index in [-0.39, 0.29) is 5.91 Å². The van der Waals surface area contributed by atoms with E-state index < -0.39 is 0 Å². The highest BCUT2D eigenvalue weighted by molar-refractivity contribution is 5.92.